The Morgan fingerprint density at radius 2 is 0.935 bits per heavy atom. The molecule has 0 aromatic carbocycles. The number of alkyl halides is 11. The Morgan fingerprint density at radius 3 is 1.39 bits per heavy atom. The smallest absolute Gasteiger partial charge is 0.446 e. The fourth-order valence-electron chi connectivity index (χ4n) is 10.1. The molecule has 6 aliphatic rings. The van der Waals surface area contributed by atoms with Crippen molar-refractivity contribution < 1.29 is 149 Å². The van der Waals surface area contributed by atoms with Gasteiger partial charge in [0.2, 0.25) is 0 Å². The van der Waals surface area contributed by atoms with Crippen molar-refractivity contribution in [1.82, 2.24) is 0 Å². The van der Waals surface area contributed by atoms with Gasteiger partial charge in [-0.3, -0.25) is 15.1 Å². The molecule has 77 heavy (non-hydrogen) atoms. The summed E-state index contributed by atoms with van der Waals surface area (Å²) < 4.78 is 177. The number of hydrogen-bond acceptors (Lipinski definition) is 24. The average Bonchev–Trinajstić information content (AvgIpc) is 3.34. The maximum atomic E-state index is 13.8. The molecular formula is C42H54F11O21S3-3. The van der Waals surface area contributed by atoms with Crippen molar-refractivity contribution in [3.05, 3.63) is 0 Å². The summed E-state index contributed by atoms with van der Waals surface area (Å²) in [5.74, 6) is -7.58. The van der Waals surface area contributed by atoms with Crippen molar-refractivity contribution in [1.29, 1.82) is 0 Å². The molecule has 21 nitrogen and oxygen atoms in total. The summed E-state index contributed by atoms with van der Waals surface area (Å²) in [4.78, 5) is 69.8. The van der Waals surface area contributed by atoms with Gasteiger partial charge in [0, 0.05) is 5.41 Å². The fourth-order valence-corrected chi connectivity index (χ4v) is 11.2. The summed E-state index contributed by atoms with van der Waals surface area (Å²) in [7, 11) is 0. The van der Waals surface area contributed by atoms with E-state index in [9.17, 15) is 92.8 Å². The van der Waals surface area contributed by atoms with Gasteiger partial charge in [0.05, 0.1) is 42.7 Å². The molecule has 35 heteroatoms. The topological polar surface area (TPSA) is 282 Å². The van der Waals surface area contributed by atoms with Crippen LogP contribution in [0.5, 0.6) is 0 Å². The summed E-state index contributed by atoms with van der Waals surface area (Å²) in [5, 5.41) is 29.6. The maximum Gasteiger partial charge on any atom is 0.446 e. The first kappa shape index (κ1) is 68.0. The molecule has 0 amide bonds. The third-order valence-electron chi connectivity index (χ3n) is 13.3. The Bertz CT molecular complexity index is 1900. The SMILES string of the molecule is CC(F)(SOO[O-])C(=O)OCC(=O)OCC12CC3CC(CC(C3)C1)C2.CC1(OC(=O)COC(=O)C(SOO[O-])(C(F)(F)F)C(F)(F)F)CCCCC1.CCC1(OC(=O)COC(=O)C(F)(SOO[O-])C(F)(F)F)CCCCC1. The van der Waals surface area contributed by atoms with Crippen LogP contribution in [0.25, 0.3) is 0 Å². The van der Waals surface area contributed by atoms with Gasteiger partial charge < -0.3 is 44.2 Å². The monoisotopic (exact) mass is 1200 g/mol. The quantitative estimate of drug-likeness (QED) is 0.0258. The maximum absolute atomic E-state index is 13.8. The number of carbonyl (C=O) groups is 6. The van der Waals surface area contributed by atoms with Crippen LogP contribution in [0.3, 0.4) is 0 Å². The predicted octanol–water partition coefficient (Wildman–Crippen LogP) is 6.66. The molecule has 2 atom stereocenters. The minimum absolute atomic E-state index is 0.0676. The van der Waals surface area contributed by atoms with Crippen LogP contribution in [0.15, 0.2) is 0 Å². The van der Waals surface area contributed by atoms with Crippen LogP contribution in [-0.4, -0.2) is 107 Å². The first-order valence-corrected chi connectivity index (χ1v) is 25.6. The van der Waals surface area contributed by atoms with Crippen molar-refractivity contribution in [3.63, 3.8) is 0 Å². The molecule has 6 fully saturated rings. The Morgan fingerprint density at radius 1 is 0.519 bits per heavy atom. The Hall–Kier alpha value is -3.26. The molecule has 4 bridgehead atoms. The second kappa shape index (κ2) is 28.9. The third-order valence-corrected chi connectivity index (χ3v) is 15.7. The van der Waals surface area contributed by atoms with Crippen molar-refractivity contribution >= 4 is 71.9 Å². The zero-order chi connectivity index (χ0) is 58.2. The van der Waals surface area contributed by atoms with E-state index in [-0.39, 0.29) is 17.5 Å². The molecule has 0 N–H and O–H groups in total. The summed E-state index contributed by atoms with van der Waals surface area (Å²) in [5.41, 5.74) is -1.63. The lowest BCUT2D eigenvalue weighted by Gasteiger charge is -2.56. The van der Waals surface area contributed by atoms with Gasteiger partial charge in [0.1, 0.15) is 11.2 Å². The molecule has 0 aromatic heterocycles. The third kappa shape index (κ3) is 19.2. The summed E-state index contributed by atoms with van der Waals surface area (Å²) in [6, 6.07) is 0. The largest absolute Gasteiger partial charge is 0.691 e. The van der Waals surface area contributed by atoms with Crippen LogP contribution >= 0.6 is 36.1 Å². The van der Waals surface area contributed by atoms with E-state index in [0.29, 0.717) is 38.7 Å². The number of ether oxygens (including phenoxy) is 6. The molecule has 6 saturated carbocycles. The lowest BCUT2D eigenvalue weighted by Crippen LogP contribution is -2.60. The second-order valence-electron chi connectivity index (χ2n) is 19.2. The highest BCUT2D eigenvalue weighted by atomic mass is 32.2. The molecular weight excluding hydrogens is 1150 g/mol. The van der Waals surface area contributed by atoms with Crippen LogP contribution in [0.4, 0.5) is 48.3 Å². The van der Waals surface area contributed by atoms with Gasteiger partial charge in [-0.1, -0.05) is 19.8 Å². The molecule has 0 heterocycles. The van der Waals surface area contributed by atoms with Crippen molar-refractivity contribution in [2.45, 2.75) is 174 Å². The molecule has 0 spiro atoms. The average molecular weight is 1200 g/mol. The van der Waals surface area contributed by atoms with Crippen molar-refractivity contribution in [3.8, 4) is 0 Å². The van der Waals surface area contributed by atoms with Crippen LogP contribution in [0.1, 0.15) is 130 Å². The molecule has 2 unspecified atom stereocenters. The minimum Gasteiger partial charge on any atom is -0.691 e. The molecule has 0 aliphatic heterocycles. The summed E-state index contributed by atoms with van der Waals surface area (Å²) in [6.45, 7) is 1.14. The van der Waals surface area contributed by atoms with E-state index in [1.54, 1.807) is 13.8 Å². The molecule has 0 radical (unpaired) electrons. The van der Waals surface area contributed by atoms with E-state index in [2.05, 4.69) is 42.3 Å². The zero-order valence-electron chi connectivity index (χ0n) is 41.0. The molecule has 0 aromatic rings. The molecule has 6 aliphatic carbocycles. The summed E-state index contributed by atoms with van der Waals surface area (Å²) >= 11 is -2.99. The normalized spacial score (nSPS) is 24.2. The highest BCUT2D eigenvalue weighted by molar-refractivity contribution is 7.97. The number of hydrogen-bond donors (Lipinski definition) is 0. The van der Waals surface area contributed by atoms with Gasteiger partial charge >= 0.3 is 64.1 Å². The van der Waals surface area contributed by atoms with Gasteiger partial charge in [-0.25, -0.2) is 37.5 Å². The van der Waals surface area contributed by atoms with Gasteiger partial charge in [0.15, 0.2) is 19.8 Å². The van der Waals surface area contributed by atoms with Crippen molar-refractivity contribution in [2.24, 2.45) is 23.2 Å². The van der Waals surface area contributed by atoms with Gasteiger partial charge in [-0.2, -0.15) is 52.5 Å². The number of esters is 6. The van der Waals surface area contributed by atoms with Crippen LogP contribution < -0.4 is 15.8 Å². The van der Waals surface area contributed by atoms with Crippen LogP contribution in [0.2, 0.25) is 0 Å². The van der Waals surface area contributed by atoms with E-state index in [1.165, 1.54) is 19.3 Å². The lowest BCUT2D eigenvalue weighted by atomic mass is 9.50. The van der Waals surface area contributed by atoms with E-state index in [0.717, 1.165) is 82.5 Å². The predicted molar refractivity (Wildman–Crippen MR) is 228 cm³/mol. The van der Waals surface area contributed by atoms with Crippen molar-refractivity contribution in [2.75, 3.05) is 26.4 Å². The van der Waals surface area contributed by atoms with E-state index < -0.39 is 124 Å². The fraction of sp³-hybridized carbons (Fsp3) is 0.857. The molecule has 6 rings (SSSR count). The van der Waals surface area contributed by atoms with Gasteiger partial charge in [-0.05, 0) is 128 Å². The van der Waals surface area contributed by atoms with Crippen LogP contribution in [-0.2, 0) is 85.3 Å². The first-order valence-electron chi connectivity index (χ1n) is 23.3. The number of carbonyl (C=O) groups excluding carboxylic acids is 6. The standard InChI is InChI=1S/C16H23FO7S.C13H16F6O7S.C13H18F4O7S/c1-15(17,25-24-23-20)14(19)21-8-13(18)22-9-16-5-10-2-11(6-16)4-12(3-10)7-16;1-10(5-3-2-4-6-10)24-8(20)7-23-9(21)11(12(14,15)16,13(17,18)19)27-26-25-22;1-2-11(6-4-3-5-7-11)22-9(18)8-21-10(19)12(14,13(15,16)17)25-24-23-20/h10-12,20H,2-9H2,1H3;22H,2-7H2,1H3;20H,2-8H2,1H3/p-3. The first-order chi connectivity index (χ1) is 35.7. The van der Waals surface area contributed by atoms with Gasteiger partial charge in [0.25, 0.3) is 5.00 Å². The highest BCUT2D eigenvalue weighted by Gasteiger charge is 2.79. The Balaban J connectivity index is 0.000000304. The molecule has 446 valence electrons. The molecule has 0 saturated heterocycles. The lowest BCUT2D eigenvalue weighted by molar-refractivity contribution is -0.777. The highest BCUT2D eigenvalue weighted by Crippen LogP contribution is 2.60. The number of halogens is 11. The van der Waals surface area contributed by atoms with E-state index in [1.807, 2.05) is 0 Å². The van der Waals surface area contributed by atoms with Gasteiger partial charge in [-0.15, -0.1) is 0 Å². The van der Waals surface area contributed by atoms with E-state index in [4.69, 9.17) is 14.2 Å². The zero-order valence-corrected chi connectivity index (χ0v) is 43.5. The van der Waals surface area contributed by atoms with E-state index >= 15 is 0 Å². The van der Waals surface area contributed by atoms with Crippen LogP contribution in [0, 0.1) is 23.2 Å². The summed E-state index contributed by atoms with van der Waals surface area (Å²) in [6.07, 6.45) is -3.64. The second-order valence-corrected chi connectivity index (χ2v) is 22.1. The Kier molecular flexibility index (Phi) is 25.6. The number of rotatable bonds is 23. The Labute approximate surface area is 444 Å². The minimum atomic E-state index is -6.29.